The van der Waals surface area contributed by atoms with Gasteiger partial charge in [0.2, 0.25) is 5.91 Å². The van der Waals surface area contributed by atoms with E-state index in [9.17, 15) is 13.2 Å². The molecule has 0 saturated carbocycles. The Balaban J connectivity index is 1.98. The van der Waals surface area contributed by atoms with Gasteiger partial charge in [-0.2, -0.15) is 0 Å². The van der Waals surface area contributed by atoms with Crippen LogP contribution in [0.1, 0.15) is 18.6 Å². The first-order chi connectivity index (χ1) is 13.4. The van der Waals surface area contributed by atoms with E-state index in [4.69, 9.17) is 9.62 Å². The number of nitrogens with one attached hydrogen (secondary N) is 1. The molecule has 0 atom stereocenters. The van der Waals surface area contributed by atoms with E-state index in [0.29, 0.717) is 12.8 Å². The number of rotatable bonds is 7. The fraction of sp³-hybridized carbons (Fsp3) is 0.190. The lowest BCUT2D eigenvalue weighted by Gasteiger charge is -2.08. The van der Waals surface area contributed by atoms with E-state index >= 15 is 0 Å². The predicted octanol–water partition coefficient (Wildman–Crippen LogP) is 3.85. The quantitative estimate of drug-likeness (QED) is 0.465. The Labute approximate surface area is 163 Å². The SMILES string of the molecule is CS(=O)(=O)c1ccc(-c2coc(CCCC(=O)NO)c2-c2ccccc2)cc1. The molecule has 0 aliphatic rings. The molecule has 3 rings (SSSR count). The van der Waals surface area contributed by atoms with E-state index in [1.807, 2.05) is 30.3 Å². The van der Waals surface area contributed by atoms with E-state index in [1.54, 1.807) is 36.0 Å². The standard InChI is InChI=1S/C21H21NO5S/c1-28(25,26)17-12-10-15(11-13-17)18-14-27-19(8-5-9-20(23)22-24)21(18)16-6-3-2-4-7-16/h2-4,6-7,10-14,24H,5,8-9H2,1H3,(H,22,23). The highest BCUT2D eigenvalue weighted by atomic mass is 32.2. The average Bonchev–Trinajstić information content (AvgIpc) is 3.11. The maximum absolute atomic E-state index is 11.7. The zero-order valence-electron chi connectivity index (χ0n) is 15.4. The molecule has 1 amide bonds. The van der Waals surface area contributed by atoms with E-state index in [-0.39, 0.29) is 11.3 Å². The van der Waals surface area contributed by atoms with Crippen molar-refractivity contribution in [2.75, 3.05) is 6.26 Å². The summed E-state index contributed by atoms with van der Waals surface area (Å²) in [6.45, 7) is 0. The molecular formula is C21H21NO5S. The van der Waals surface area contributed by atoms with Crippen molar-refractivity contribution in [2.45, 2.75) is 24.2 Å². The second-order valence-corrected chi connectivity index (χ2v) is 8.51. The summed E-state index contributed by atoms with van der Waals surface area (Å²) >= 11 is 0. The van der Waals surface area contributed by atoms with Crippen molar-refractivity contribution < 1.29 is 22.8 Å². The van der Waals surface area contributed by atoms with Gasteiger partial charge in [-0.25, -0.2) is 13.9 Å². The number of carbonyl (C=O) groups is 1. The molecule has 1 aromatic heterocycles. The summed E-state index contributed by atoms with van der Waals surface area (Å²) in [4.78, 5) is 11.5. The van der Waals surface area contributed by atoms with Crippen LogP contribution in [0.25, 0.3) is 22.3 Å². The number of amides is 1. The highest BCUT2D eigenvalue weighted by Crippen LogP contribution is 2.37. The average molecular weight is 399 g/mol. The van der Waals surface area contributed by atoms with Gasteiger partial charge in [-0.15, -0.1) is 0 Å². The zero-order chi connectivity index (χ0) is 20.1. The van der Waals surface area contributed by atoms with Gasteiger partial charge in [0.25, 0.3) is 0 Å². The number of hydrogen-bond acceptors (Lipinski definition) is 5. The molecule has 0 saturated heterocycles. The maximum Gasteiger partial charge on any atom is 0.243 e. The van der Waals surface area contributed by atoms with Crippen molar-refractivity contribution in [3.8, 4) is 22.3 Å². The number of benzene rings is 2. The Bertz CT molecular complexity index is 1050. The molecule has 2 N–H and O–H groups in total. The van der Waals surface area contributed by atoms with Crippen LogP contribution in [-0.2, 0) is 21.1 Å². The van der Waals surface area contributed by atoms with Gasteiger partial charge in [-0.05, 0) is 29.7 Å². The first-order valence-electron chi connectivity index (χ1n) is 8.79. The van der Waals surface area contributed by atoms with Gasteiger partial charge >= 0.3 is 0 Å². The molecule has 0 radical (unpaired) electrons. The van der Waals surface area contributed by atoms with Crippen LogP contribution in [0, 0.1) is 0 Å². The third-order valence-electron chi connectivity index (χ3n) is 4.46. The summed E-state index contributed by atoms with van der Waals surface area (Å²) in [5.74, 6) is 0.295. The van der Waals surface area contributed by atoms with Crippen LogP contribution in [-0.4, -0.2) is 25.8 Å². The lowest BCUT2D eigenvalue weighted by Crippen LogP contribution is -2.18. The van der Waals surface area contributed by atoms with Crippen LogP contribution in [0.2, 0.25) is 0 Å². The zero-order valence-corrected chi connectivity index (χ0v) is 16.2. The molecule has 146 valence electrons. The highest BCUT2D eigenvalue weighted by molar-refractivity contribution is 7.90. The third kappa shape index (κ3) is 4.49. The topological polar surface area (TPSA) is 96.6 Å². The molecular weight excluding hydrogens is 378 g/mol. The van der Waals surface area contributed by atoms with Crippen LogP contribution < -0.4 is 5.48 Å². The Morgan fingerprint density at radius 1 is 1.04 bits per heavy atom. The molecule has 0 fully saturated rings. The lowest BCUT2D eigenvalue weighted by atomic mass is 9.95. The normalized spacial score (nSPS) is 11.4. The van der Waals surface area contributed by atoms with Crippen LogP contribution in [0.3, 0.4) is 0 Å². The van der Waals surface area contributed by atoms with Gasteiger partial charge in [0.15, 0.2) is 9.84 Å². The summed E-state index contributed by atoms with van der Waals surface area (Å²) in [6.07, 6.45) is 4.06. The van der Waals surface area contributed by atoms with Crippen molar-refractivity contribution in [3.05, 3.63) is 66.6 Å². The Morgan fingerprint density at radius 2 is 1.71 bits per heavy atom. The van der Waals surface area contributed by atoms with Gasteiger partial charge < -0.3 is 4.42 Å². The second kappa shape index (κ2) is 8.41. The summed E-state index contributed by atoms with van der Waals surface area (Å²) in [5, 5.41) is 8.63. The summed E-state index contributed by atoms with van der Waals surface area (Å²) in [7, 11) is -3.26. The molecule has 0 unspecified atom stereocenters. The lowest BCUT2D eigenvalue weighted by molar-refractivity contribution is -0.129. The van der Waals surface area contributed by atoms with E-state index < -0.39 is 15.7 Å². The molecule has 0 bridgehead atoms. The molecule has 3 aromatic rings. The van der Waals surface area contributed by atoms with Crippen molar-refractivity contribution >= 4 is 15.7 Å². The molecule has 1 heterocycles. The number of hydrogen-bond donors (Lipinski definition) is 2. The molecule has 6 nitrogen and oxygen atoms in total. The van der Waals surface area contributed by atoms with Gasteiger partial charge in [-0.1, -0.05) is 42.5 Å². The van der Waals surface area contributed by atoms with Crippen molar-refractivity contribution in [1.29, 1.82) is 0 Å². The van der Waals surface area contributed by atoms with Gasteiger partial charge in [0.1, 0.15) is 5.76 Å². The smallest absolute Gasteiger partial charge is 0.243 e. The maximum atomic E-state index is 11.7. The third-order valence-corrected chi connectivity index (χ3v) is 5.58. The number of sulfone groups is 1. The number of aryl methyl sites for hydroxylation is 1. The van der Waals surface area contributed by atoms with Crippen molar-refractivity contribution in [1.82, 2.24) is 5.48 Å². The number of furan rings is 1. The van der Waals surface area contributed by atoms with Crippen LogP contribution in [0.5, 0.6) is 0 Å². The van der Waals surface area contributed by atoms with Crippen molar-refractivity contribution in [3.63, 3.8) is 0 Å². The molecule has 2 aromatic carbocycles. The summed E-state index contributed by atoms with van der Waals surface area (Å²) < 4.78 is 29.2. The second-order valence-electron chi connectivity index (χ2n) is 6.50. The minimum Gasteiger partial charge on any atom is -0.468 e. The fourth-order valence-corrected chi connectivity index (χ4v) is 3.69. The monoisotopic (exact) mass is 399 g/mol. The van der Waals surface area contributed by atoms with Crippen LogP contribution >= 0.6 is 0 Å². The Hall–Kier alpha value is -2.90. The fourth-order valence-electron chi connectivity index (χ4n) is 3.06. The Morgan fingerprint density at radius 3 is 2.32 bits per heavy atom. The molecule has 28 heavy (non-hydrogen) atoms. The largest absolute Gasteiger partial charge is 0.468 e. The molecule has 7 heteroatoms. The number of hydroxylamine groups is 1. The molecule has 0 aliphatic heterocycles. The van der Waals surface area contributed by atoms with E-state index in [1.165, 1.54) is 6.26 Å². The molecule has 0 aliphatic carbocycles. The first kappa shape index (κ1) is 19.9. The Kier molecular flexibility index (Phi) is 5.96. The predicted molar refractivity (Wildman–Crippen MR) is 106 cm³/mol. The minimum atomic E-state index is -3.26. The summed E-state index contributed by atoms with van der Waals surface area (Å²) in [5.41, 5.74) is 5.21. The summed E-state index contributed by atoms with van der Waals surface area (Å²) in [6, 6.07) is 16.4. The highest BCUT2D eigenvalue weighted by Gasteiger charge is 2.18. The molecule has 0 spiro atoms. The first-order valence-corrected chi connectivity index (χ1v) is 10.7. The van der Waals surface area contributed by atoms with Crippen LogP contribution in [0.15, 0.2) is 70.2 Å². The van der Waals surface area contributed by atoms with E-state index in [0.717, 1.165) is 28.0 Å². The minimum absolute atomic E-state index is 0.184. The van der Waals surface area contributed by atoms with Gasteiger partial charge in [0, 0.05) is 30.2 Å². The van der Waals surface area contributed by atoms with Crippen LogP contribution in [0.4, 0.5) is 0 Å². The van der Waals surface area contributed by atoms with Gasteiger partial charge in [0.05, 0.1) is 11.2 Å². The number of carbonyl (C=O) groups excluding carboxylic acids is 1. The van der Waals surface area contributed by atoms with E-state index in [2.05, 4.69) is 0 Å². The van der Waals surface area contributed by atoms with Gasteiger partial charge in [-0.3, -0.25) is 10.0 Å². The van der Waals surface area contributed by atoms with Crippen molar-refractivity contribution in [2.24, 2.45) is 0 Å².